The Bertz CT molecular complexity index is 938. The summed E-state index contributed by atoms with van der Waals surface area (Å²) in [4.78, 5) is 12.8. The Morgan fingerprint density at radius 3 is 2.26 bits per heavy atom. The molecule has 8 heteroatoms. The smallest absolute Gasteiger partial charge is 0.243 e. The Labute approximate surface area is 169 Å². The van der Waals surface area contributed by atoms with Crippen molar-refractivity contribution in [2.75, 3.05) is 18.4 Å². The van der Waals surface area contributed by atoms with Crippen LogP contribution in [0.2, 0.25) is 10.0 Å². The van der Waals surface area contributed by atoms with Crippen LogP contribution in [-0.4, -0.2) is 31.7 Å². The van der Waals surface area contributed by atoms with E-state index in [1.54, 1.807) is 24.3 Å². The van der Waals surface area contributed by atoms with E-state index in [0.717, 1.165) is 5.56 Å². The molecule has 0 radical (unpaired) electrons. The molecular weight excluding hydrogens is 407 g/mol. The molecule has 3 rings (SSSR count). The summed E-state index contributed by atoms with van der Waals surface area (Å²) in [6, 6.07) is 11.4. The van der Waals surface area contributed by atoms with Gasteiger partial charge in [0.05, 0.1) is 4.90 Å². The number of benzene rings is 2. The molecule has 0 aliphatic carbocycles. The number of hydrogen-bond acceptors (Lipinski definition) is 3. The van der Waals surface area contributed by atoms with Crippen molar-refractivity contribution in [1.82, 2.24) is 4.31 Å². The van der Waals surface area contributed by atoms with Crippen molar-refractivity contribution in [3.8, 4) is 0 Å². The molecular formula is C19H20Cl2N2O3S. The standard InChI is InChI=1S/C19H20Cl2N2O3S/c1-13-2-3-16(21)12-18(13)22-19(24)14-8-10-23(11-9-14)27(25,26)17-6-4-15(20)5-7-17/h2-7,12,14H,8-11H2,1H3,(H,22,24). The average Bonchev–Trinajstić information content (AvgIpc) is 2.65. The highest BCUT2D eigenvalue weighted by molar-refractivity contribution is 7.89. The van der Waals surface area contributed by atoms with Crippen LogP contribution >= 0.6 is 23.2 Å². The molecule has 0 atom stereocenters. The molecule has 1 fully saturated rings. The normalized spacial score (nSPS) is 16.3. The summed E-state index contributed by atoms with van der Waals surface area (Å²) in [5.41, 5.74) is 1.61. The van der Waals surface area contributed by atoms with Gasteiger partial charge in [-0.2, -0.15) is 4.31 Å². The second-order valence-corrected chi connectivity index (χ2v) is 9.39. The number of rotatable bonds is 4. The number of aryl methyl sites for hydroxylation is 1. The molecule has 5 nitrogen and oxygen atoms in total. The van der Waals surface area contributed by atoms with Crippen molar-refractivity contribution in [1.29, 1.82) is 0 Å². The lowest BCUT2D eigenvalue weighted by Crippen LogP contribution is -2.41. The fraction of sp³-hybridized carbons (Fsp3) is 0.316. The average molecular weight is 427 g/mol. The van der Waals surface area contributed by atoms with Crippen LogP contribution in [0, 0.1) is 12.8 Å². The summed E-state index contributed by atoms with van der Waals surface area (Å²) in [5.74, 6) is -0.344. The molecule has 144 valence electrons. The number of piperidine rings is 1. The van der Waals surface area contributed by atoms with Crippen LogP contribution < -0.4 is 5.32 Å². The molecule has 2 aromatic rings. The lowest BCUT2D eigenvalue weighted by atomic mass is 9.97. The third-order valence-corrected chi connectivity index (χ3v) is 7.13. The summed E-state index contributed by atoms with van der Waals surface area (Å²) in [6.45, 7) is 2.50. The van der Waals surface area contributed by atoms with E-state index in [9.17, 15) is 13.2 Å². The molecule has 2 aromatic carbocycles. The highest BCUT2D eigenvalue weighted by Crippen LogP contribution is 2.27. The van der Waals surface area contributed by atoms with Crippen molar-refractivity contribution >= 4 is 44.8 Å². The van der Waals surface area contributed by atoms with Crippen molar-refractivity contribution in [3.63, 3.8) is 0 Å². The van der Waals surface area contributed by atoms with E-state index < -0.39 is 10.0 Å². The second kappa shape index (κ2) is 8.19. The summed E-state index contributed by atoms with van der Waals surface area (Å²) >= 11 is 11.8. The van der Waals surface area contributed by atoms with Crippen molar-refractivity contribution in [2.45, 2.75) is 24.7 Å². The van der Waals surface area contributed by atoms with Crippen molar-refractivity contribution in [3.05, 3.63) is 58.1 Å². The zero-order valence-electron chi connectivity index (χ0n) is 14.8. The van der Waals surface area contributed by atoms with Crippen LogP contribution in [0.25, 0.3) is 0 Å². The van der Waals surface area contributed by atoms with Gasteiger partial charge in [-0.15, -0.1) is 0 Å². The number of sulfonamides is 1. The molecule has 0 unspecified atom stereocenters. The van der Waals surface area contributed by atoms with Crippen molar-refractivity contribution in [2.24, 2.45) is 5.92 Å². The molecule has 1 saturated heterocycles. The molecule has 0 saturated carbocycles. The minimum atomic E-state index is -3.57. The molecule has 1 amide bonds. The minimum absolute atomic E-state index is 0.107. The Kier molecular flexibility index (Phi) is 6.11. The minimum Gasteiger partial charge on any atom is -0.326 e. The van der Waals surface area contributed by atoms with E-state index in [0.29, 0.717) is 41.7 Å². The van der Waals surface area contributed by atoms with Gasteiger partial charge in [-0.05, 0) is 61.7 Å². The maximum Gasteiger partial charge on any atom is 0.243 e. The molecule has 0 spiro atoms. The Hall–Kier alpha value is -1.60. The van der Waals surface area contributed by atoms with E-state index in [1.165, 1.54) is 16.4 Å². The summed E-state index contributed by atoms with van der Waals surface area (Å²) in [7, 11) is -3.57. The van der Waals surface area contributed by atoms with Gasteiger partial charge in [0.1, 0.15) is 0 Å². The molecule has 0 aromatic heterocycles. The number of halogens is 2. The first kappa shape index (κ1) is 20.1. The van der Waals surface area contributed by atoms with Gasteiger partial charge < -0.3 is 5.32 Å². The lowest BCUT2D eigenvalue weighted by Gasteiger charge is -2.30. The highest BCUT2D eigenvalue weighted by atomic mass is 35.5. The Morgan fingerprint density at radius 1 is 1.04 bits per heavy atom. The van der Waals surface area contributed by atoms with Gasteiger partial charge in [-0.1, -0.05) is 29.3 Å². The van der Waals surface area contributed by atoms with Crippen LogP contribution in [-0.2, 0) is 14.8 Å². The number of nitrogens with zero attached hydrogens (tertiary/aromatic N) is 1. The van der Waals surface area contributed by atoms with Crippen molar-refractivity contribution < 1.29 is 13.2 Å². The van der Waals surface area contributed by atoms with Crippen LogP contribution in [0.4, 0.5) is 5.69 Å². The highest BCUT2D eigenvalue weighted by Gasteiger charge is 2.32. The van der Waals surface area contributed by atoms with Crippen LogP contribution in [0.15, 0.2) is 47.4 Å². The third kappa shape index (κ3) is 4.63. The van der Waals surface area contributed by atoms with E-state index in [2.05, 4.69) is 5.32 Å². The number of nitrogens with one attached hydrogen (secondary N) is 1. The summed E-state index contributed by atoms with van der Waals surface area (Å²) in [6.07, 6.45) is 0.941. The first-order chi connectivity index (χ1) is 12.8. The van der Waals surface area contributed by atoms with Gasteiger partial charge in [-0.3, -0.25) is 4.79 Å². The van der Waals surface area contributed by atoms with Gasteiger partial charge in [-0.25, -0.2) is 8.42 Å². The fourth-order valence-corrected chi connectivity index (χ4v) is 4.85. The number of anilines is 1. The maximum absolute atomic E-state index is 12.7. The molecule has 1 aliphatic heterocycles. The predicted octanol–water partition coefficient (Wildman–Crippen LogP) is 4.34. The van der Waals surface area contributed by atoms with Crippen LogP contribution in [0.1, 0.15) is 18.4 Å². The van der Waals surface area contributed by atoms with Gasteiger partial charge in [0.2, 0.25) is 15.9 Å². The van der Waals surface area contributed by atoms with Gasteiger partial charge in [0.25, 0.3) is 0 Å². The number of hydrogen-bond donors (Lipinski definition) is 1. The van der Waals surface area contributed by atoms with Crippen LogP contribution in [0.5, 0.6) is 0 Å². The topological polar surface area (TPSA) is 66.5 Å². The van der Waals surface area contributed by atoms with Gasteiger partial charge >= 0.3 is 0 Å². The van der Waals surface area contributed by atoms with Gasteiger partial charge in [0, 0.05) is 34.7 Å². The largest absolute Gasteiger partial charge is 0.326 e. The zero-order valence-corrected chi connectivity index (χ0v) is 17.1. The van der Waals surface area contributed by atoms with Gasteiger partial charge in [0.15, 0.2) is 0 Å². The second-order valence-electron chi connectivity index (χ2n) is 6.58. The first-order valence-corrected chi connectivity index (χ1v) is 10.8. The zero-order chi connectivity index (χ0) is 19.6. The predicted molar refractivity (Wildman–Crippen MR) is 108 cm³/mol. The summed E-state index contributed by atoms with van der Waals surface area (Å²) in [5, 5.41) is 3.95. The molecule has 1 heterocycles. The molecule has 0 bridgehead atoms. The number of carbonyl (C=O) groups is 1. The Morgan fingerprint density at radius 2 is 1.63 bits per heavy atom. The fourth-order valence-electron chi connectivity index (χ4n) is 3.08. The van der Waals surface area contributed by atoms with E-state index in [1.807, 2.05) is 13.0 Å². The van der Waals surface area contributed by atoms with Crippen LogP contribution in [0.3, 0.4) is 0 Å². The first-order valence-electron chi connectivity index (χ1n) is 8.60. The number of amides is 1. The van der Waals surface area contributed by atoms with E-state index >= 15 is 0 Å². The molecule has 1 aliphatic rings. The quantitative estimate of drug-likeness (QED) is 0.790. The number of carbonyl (C=O) groups excluding carboxylic acids is 1. The monoisotopic (exact) mass is 426 g/mol. The lowest BCUT2D eigenvalue weighted by molar-refractivity contribution is -0.120. The third-order valence-electron chi connectivity index (χ3n) is 4.73. The van der Waals surface area contributed by atoms with E-state index in [-0.39, 0.29) is 16.7 Å². The molecule has 1 N–H and O–H groups in total. The maximum atomic E-state index is 12.7. The van der Waals surface area contributed by atoms with E-state index in [4.69, 9.17) is 23.2 Å². The Balaban J connectivity index is 1.63. The summed E-state index contributed by atoms with van der Waals surface area (Å²) < 4.78 is 26.9. The molecule has 27 heavy (non-hydrogen) atoms. The SMILES string of the molecule is Cc1ccc(Cl)cc1NC(=O)C1CCN(S(=O)(=O)c2ccc(Cl)cc2)CC1.